The van der Waals surface area contributed by atoms with E-state index >= 15 is 0 Å². The highest BCUT2D eigenvalue weighted by molar-refractivity contribution is 7.17. The minimum absolute atomic E-state index is 0.137. The first kappa shape index (κ1) is 21.5. The normalized spacial score (nSPS) is 10.8. The van der Waals surface area contributed by atoms with E-state index < -0.39 is 0 Å². The summed E-state index contributed by atoms with van der Waals surface area (Å²) in [6, 6.07) is 19.0. The summed E-state index contributed by atoms with van der Waals surface area (Å²) in [6.45, 7) is 1.93. The summed E-state index contributed by atoms with van der Waals surface area (Å²) in [5.74, 6) is 1.46. The number of nitrogens with zero attached hydrogens (tertiary/aromatic N) is 3. The molecule has 0 atom stereocenters. The van der Waals surface area contributed by atoms with Crippen LogP contribution in [0.25, 0.3) is 21.3 Å². The van der Waals surface area contributed by atoms with Crippen LogP contribution in [0.1, 0.15) is 15.9 Å². The van der Waals surface area contributed by atoms with Crippen LogP contribution in [-0.2, 0) is 0 Å². The van der Waals surface area contributed by atoms with E-state index in [1.54, 1.807) is 30.8 Å². The highest BCUT2D eigenvalue weighted by Gasteiger charge is 2.15. The number of thiophene rings is 1. The van der Waals surface area contributed by atoms with Crippen LogP contribution in [0.5, 0.6) is 11.6 Å². The minimum Gasteiger partial charge on any atom is -0.438 e. The molecule has 0 unspecified atom stereocenters. The summed E-state index contributed by atoms with van der Waals surface area (Å²) in [4.78, 5) is 25.9. The summed E-state index contributed by atoms with van der Waals surface area (Å²) in [7, 11) is 1.77. The molecule has 0 spiro atoms. The van der Waals surface area contributed by atoms with E-state index in [2.05, 4.69) is 25.6 Å². The van der Waals surface area contributed by atoms with Crippen LogP contribution in [0.2, 0.25) is 0 Å². The van der Waals surface area contributed by atoms with Crippen LogP contribution >= 0.6 is 11.3 Å². The van der Waals surface area contributed by atoms with Gasteiger partial charge < -0.3 is 15.4 Å². The van der Waals surface area contributed by atoms with Gasteiger partial charge in [-0.2, -0.15) is 0 Å². The Morgan fingerprint density at radius 3 is 2.74 bits per heavy atom. The number of carbonyl (C=O) groups excluding carboxylic acids is 1. The molecule has 0 bridgehead atoms. The van der Waals surface area contributed by atoms with E-state index in [0.29, 0.717) is 34.5 Å². The van der Waals surface area contributed by atoms with Gasteiger partial charge in [-0.3, -0.25) is 4.79 Å². The number of hydrogen-bond acceptors (Lipinski definition) is 7. The molecule has 0 aliphatic rings. The Hall–Kier alpha value is -4.30. The molecule has 0 saturated heterocycles. The molecule has 0 aliphatic heterocycles. The van der Waals surface area contributed by atoms with Gasteiger partial charge in [0.15, 0.2) is 0 Å². The van der Waals surface area contributed by atoms with Crippen LogP contribution in [0.3, 0.4) is 0 Å². The maximum absolute atomic E-state index is 12.9. The molecule has 3 aromatic heterocycles. The van der Waals surface area contributed by atoms with E-state index in [1.807, 2.05) is 73.0 Å². The van der Waals surface area contributed by atoms with Crippen molar-refractivity contribution in [3.05, 3.63) is 89.6 Å². The number of hydrogen-bond donors (Lipinski definition) is 2. The maximum Gasteiger partial charge on any atom is 0.257 e. The lowest BCUT2D eigenvalue weighted by molar-refractivity contribution is 0.102. The summed E-state index contributed by atoms with van der Waals surface area (Å²) < 4.78 is 7.24. The van der Waals surface area contributed by atoms with Gasteiger partial charge in [0.05, 0.1) is 16.8 Å². The van der Waals surface area contributed by atoms with E-state index in [9.17, 15) is 4.79 Å². The van der Waals surface area contributed by atoms with Crippen LogP contribution in [0.15, 0.2) is 78.4 Å². The number of fused-ring (bicyclic) bond motifs is 1. The first-order chi connectivity index (χ1) is 16.6. The molecule has 5 aromatic rings. The molecule has 1 amide bonds. The van der Waals surface area contributed by atoms with Crippen molar-refractivity contribution in [3.63, 3.8) is 0 Å². The third-order valence-corrected chi connectivity index (χ3v) is 6.25. The Morgan fingerprint density at radius 2 is 1.88 bits per heavy atom. The number of aromatic nitrogens is 3. The number of rotatable bonds is 6. The van der Waals surface area contributed by atoms with Crippen molar-refractivity contribution in [2.24, 2.45) is 0 Å². The van der Waals surface area contributed by atoms with Gasteiger partial charge in [-0.1, -0.05) is 18.2 Å². The molecule has 2 aromatic carbocycles. The molecule has 34 heavy (non-hydrogen) atoms. The van der Waals surface area contributed by atoms with Crippen molar-refractivity contribution < 1.29 is 9.53 Å². The second kappa shape index (κ2) is 9.29. The maximum atomic E-state index is 12.9. The zero-order chi connectivity index (χ0) is 23.5. The van der Waals surface area contributed by atoms with Crippen molar-refractivity contribution in [2.45, 2.75) is 6.92 Å². The second-order valence-corrected chi connectivity index (χ2v) is 8.46. The Labute approximate surface area is 200 Å². The Balaban J connectivity index is 1.37. The van der Waals surface area contributed by atoms with E-state index in [-0.39, 0.29) is 5.91 Å². The zero-order valence-corrected chi connectivity index (χ0v) is 19.4. The first-order valence-corrected chi connectivity index (χ1v) is 11.5. The SMILES string of the molecule is CNc1nccc(-c2cccnc2Oc2ccc(NC(=O)c3csc4ccccc34)cc2C)n1. The highest BCUT2D eigenvalue weighted by atomic mass is 32.1. The molecule has 8 heteroatoms. The van der Waals surface area contributed by atoms with Crippen molar-refractivity contribution in [2.75, 3.05) is 17.7 Å². The largest absolute Gasteiger partial charge is 0.438 e. The average molecular weight is 468 g/mol. The van der Waals surface area contributed by atoms with Crippen molar-refractivity contribution in [3.8, 4) is 22.9 Å². The van der Waals surface area contributed by atoms with E-state index in [1.165, 1.54) is 0 Å². The van der Waals surface area contributed by atoms with Gasteiger partial charge in [0, 0.05) is 40.6 Å². The van der Waals surface area contributed by atoms with Gasteiger partial charge >= 0.3 is 0 Å². The van der Waals surface area contributed by atoms with Gasteiger partial charge in [0.1, 0.15) is 5.75 Å². The molecule has 0 radical (unpaired) electrons. The lowest BCUT2D eigenvalue weighted by Gasteiger charge is -2.13. The van der Waals surface area contributed by atoms with Gasteiger partial charge in [0.2, 0.25) is 11.8 Å². The van der Waals surface area contributed by atoms with Gasteiger partial charge in [-0.15, -0.1) is 11.3 Å². The van der Waals surface area contributed by atoms with Gasteiger partial charge in [-0.25, -0.2) is 15.0 Å². The zero-order valence-electron chi connectivity index (χ0n) is 18.6. The minimum atomic E-state index is -0.137. The summed E-state index contributed by atoms with van der Waals surface area (Å²) >= 11 is 1.56. The predicted octanol–water partition coefficient (Wildman–Crippen LogP) is 6.15. The fraction of sp³-hybridized carbons (Fsp3) is 0.0769. The van der Waals surface area contributed by atoms with Crippen LogP contribution in [0, 0.1) is 6.92 Å². The van der Waals surface area contributed by atoms with Gasteiger partial charge in [-0.05, 0) is 55.0 Å². The third-order valence-electron chi connectivity index (χ3n) is 5.29. The fourth-order valence-corrected chi connectivity index (χ4v) is 4.54. The molecule has 0 fully saturated rings. The second-order valence-electron chi connectivity index (χ2n) is 7.55. The molecule has 3 heterocycles. The van der Waals surface area contributed by atoms with Crippen molar-refractivity contribution in [1.29, 1.82) is 0 Å². The quantitative estimate of drug-likeness (QED) is 0.311. The summed E-state index contributed by atoms with van der Waals surface area (Å²) in [6.07, 6.45) is 3.36. The third kappa shape index (κ3) is 4.31. The molecule has 0 saturated carbocycles. The predicted molar refractivity (Wildman–Crippen MR) is 136 cm³/mol. The van der Waals surface area contributed by atoms with Crippen LogP contribution in [0.4, 0.5) is 11.6 Å². The number of anilines is 2. The molecular formula is C26H21N5O2S. The average Bonchev–Trinajstić information content (AvgIpc) is 3.30. The summed E-state index contributed by atoms with van der Waals surface area (Å²) in [5, 5.41) is 8.77. The van der Waals surface area contributed by atoms with Crippen LogP contribution in [-0.4, -0.2) is 27.9 Å². The standard InChI is InChI=1S/C26H21N5O2S/c1-16-14-17(30-24(32)20-15-34-23-8-4-3-6-18(20)23)9-10-22(16)33-25-19(7-5-12-28-25)21-11-13-29-26(27-2)31-21/h3-15H,1-2H3,(H,30,32)(H,27,29,31). The monoisotopic (exact) mass is 467 g/mol. The lowest BCUT2D eigenvalue weighted by atomic mass is 10.1. The first-order valence-electron chi connectivity index (χ1n) is 10.6. The lowest BCUT2D eigenvalue weighted by Crippen LogP contribution is -2.11. The van der Waals surface area contributed by atoms with Crippen molar-refractivity contribution in [1.82, 2.24) is 15.0 Å². The highest BCUT2D eigenvalue weighted by Crippen LogP contribution is 2.33. The molecule has 0 aliphatic carbocycles. The Bertz CT molecular complexity index is 1500. The number of aryl methyl sites for hydroxylation is 1. The number of ether oxygens (including phenoxy) is 1. The molecule has 168 valence electrons. The van der Waals surface area contributed by atoms with E-state index in [0.717, 1.165) is 21.2 Å². The van der Waals surface area contributed by atoms with Gasteiger partial charge in [0.25, 0.3) is 5.91 Å². The van der Waals surface area contributed by atoms with E-state index in [4.69, 9.17) is 4.74 Å². The number of benzene rings is 2. The number of carbonyl (C=O) groups is 1. The topological polar surface area (TPSA) is 89.0 Å². The van der Waals surface area contributed by atoms with Crippen LogP contribution < -0.4 is 15.4 Å². The number of amides is 1. The smallest absolute Gasteiger partial charge is 0.257 e. The summed E-state index contributed by atoms with van der Waals surface area (Å²) in [5.41, 5.74) is 3.68. The Kier molecular flexibility index (Phi) is 5.88. The Morgan fingerprint density at radius 1 is 1.00 bits per heavy atom. The number of pyridine rings is 1. The fourth-order valence-electron chi connectivity index (χ4n) is 3.59. The van der Waals surface area contributed by atoms with Crippen molar-refractivity contribution >= 4 is 39.0 Å². The molecular weight excluding hydrogens is 446 g/mol. The number of nitrogens with one attached hydrogen (secondary N) is 2. The molecule has 2 N–H and O–H groups in total. The molecule has 5 rings (SSSR count). The molecule has 7 nitrogen and oxygen atoms in total.